The minimum atomic E-state index is -1.04. The average Bonchev–Trinajstić information content (AvgIpc) is 2.98. The van der Waals surface area contributed by atoms with Crippen LogP contribution in [0.2, 0.25) is 0 Å². The van der Waals surface area contributed by atoms with E-state index in [2.05, 4.69) is 10.3 Å². The van der Waals surface area contributed by atoms with E-state index in [0.29, 0.717) is 13.0 Å². The number of carbonyl (C=O) groups excluding carboxylic acids is 1. The molecule has 0 radical (unpaired) electrons. The molecule has 0 atom stereocenters. The molecule has 106 valence electrons. The van der Waals surface area contributed by atoms with Crippen molar-refractivity contribution in [2.45, 2.75) is 19.9 Å². The van der Waals surface area contributed by atoms with Gasteiger partial charge in [-0.3, -0.25) is 4.79 Å². The number of carboxylic acid groups (broad SMARTS) is 1. The lowest BCUT2D eigenvalue weighted by molar-refractivity contribution is -0.121. The first-order valence-corrected chi connectivity index (χ1v) is 7.00. The zero-order chi connectivity index (χ0) is 14.5. The molecule has 1 amide bonds. The van der Waals surface area contributed by atoms with Gasteiger partial charge in [-0.2, -0.15) is 0 Å². The minimum Gasteiger partial charge on any atom is -0.477 e. The average molecular weight is 293 g/mol. The monoisotopic (exact) mass is 293 g/mol. The topological polar surface area (TPSA) is 84.2 Å². The molecule has 7 heteroatoms. The van der Waals surface area contributed by atoms with Crippen LogP contribution < -0.4 is 5.32 Å². The SMILES string of the molecule is Cc1csc(CCNC(=O)Cn2cccc2C(=O)O)n1. The summed E-state index contributed by atoms with van der Waals surface area (Å²) in [5.74, 6) is -1.25. The third-order valence-electron chi connectivity index (χ3n) is 2.69. The fourth-order valence-corrected chi connectivity index (χ4v) is 2.56. The summed E-state index contributed by atoms with van der Waals surface area (Å²) in [6, 6.07) is 3.07. The molecule has 0 saturated carbocycles. The molecule has 0 aromatic carbocycles. The number of hydrogen-bond acceptors (Lipinski definition) is 4. The van der Waals surface area contributed by atoms with Crippen molar-refractivity contribution >= 4 is 23.2 Å². The maximum Gasteiger partial charge on any atom is 0.352 e. The Morgan fingerprint density at radius 3 is 2.95 bits per heavy atom. The molecule has 0 saturated heterocycles. The molecule has 2 aromatic rings. The highest BCUT2D eigenvalue weighted by molar-refractivity contribution is 7.09. The Morgan fingerprint density at radius 1 is 1.50 bits per heavy atom. The highest BCUT2D eigenvalue weighted by Gasteiger charge is 2.11. The van der Waals surface area contributed by atoms with Gasteiger partial charge in [-0.25, -0.2) is 9.78 Å². The Hall–Kier alpha value is -2.15. The summed E-state index contributed by atoms with van der Waals surface area (Å²) >= 11 is 1.57. The number of nitrogens with zero attached hydrogens (tertiary/aromatic N) is 2. The predicted octanol–water partition coefficient (Wildman–Crippen LogP) is 1.31. The van der Waals surface area contributed by atoms with E-state index in [9.17, 15) is 9.59 Å². The van der Waals surface area contributed by atoms with Crippen molar-refractivity contribution in [1.29, 1.82) is 0 Å². The van der Waals surface area contributed by atoms with E-state index in [1.54, 1.807) is 23.6 Å². The van der Waals surface area contributed by atoms with Gasteiger partial charge in [-0.15, -0.1) is 11.3 Å². The molecule has 6 nitrogen and oxygen atoms in total. The van der Waals surface area contributed by atoms with Crippen molar-refractivity contribution in [3.05, 3.63) is 40.1 Å². The highest BCUT2D eigenvalue weighted by Crippen LogP contribution is 2.08. The number of carbonyl (C=O) groups is 2. The number of nitrogens with one attached hydrogen (secondary N) is 1. The van der Waals surface area contributed by atoms with Gasteiger partial charge in [0.25, 0.3) is 0 Å². The quantitative estimate of drug-likeness (QED) is 0.841. The van der Waals surface area contributed by atoms with Crippen LogP contribution in [-0.4, -0.2) is 33.1 Å². The Labute approximate surface area is 120 Å². The molecule has 0 unspecified atom stereocenters. The van der Waals surface area contributed by atoms with E-state index >= 15 is 0 Å². The van der Waals surface area contributed by atoms with Gasteiger partial charge >= 0.3 is 5.97 Å². The third-order valence-corrected chi connectivity index (χ3v) is 3.72. The number of rotatable bonds is 6. The van der Waals surface area contributed by atoms with E-state index in [1.165, 1.54) is 10.6 Å². The van der Waals surface area contributed by atoms with Crippen molar-refractivity contribution < 1.29 is 14.7 Å². The Morgan fingerprint density at radius 2 is 2.30 bits per heavy atom. The minimum absolute atomic E-state index is 0.00549. The summed E-state index contributed by atoms with van der Waals surface area (Å²) in [7, 11) is 0. The van der Waals surface area contributed by atoms with Crippen LogP contribution in [0.5, 0.6) is 0 Å². The number of thiazole rings is 1. The van der Waals surface area contributed by atoms with Crippen molar-refractivity contribution in [3.63, 3.8) is 0 Å². The molecule has 2 rings (SSSR count). The van der Waals surface area contributed by atoms with E-state index in [-0.39, 0.29) is 18.1 Å². The molecule has 20 heavy (non-hydrogen) atoms. The molecular formula is C13H15N3O3S. The fraction of sp³-hybridized carbons (Fsp3) is 0.308. The normalized spacial score (nSPS) is 10.4. The number of hydrogen-bond donors (Lipinski definition) is 2. The Bertz CT molecular complexity index is 618. The van der Waals surface area contributed by atoms with E-state index in [0.717, 1.165) is 10.7 Å². The Kier molecular flexibility index (Phi) is 4.52. The molecule has 0 fully saturated rings. The second-order valence-electron chi connectivity index (χ2n) is 4.31. The molecule has 2 aromatic heterocycles. The maximum absolute atomic E-state index is 11.7. The second kappa shape index (κ2) is 6.33. The van der Waals surface area contributed by atoms with Crippen molar-refractivity contribution in [2.75, 3.05) is 6.54 Å². The zero-order valence-electron chi connectivity index (χ0n) is 11.0. The largest absolute Gasteiger partial charge is 0.477 e. The summed E-state index contributed by atoms with van der Waals surface area (Å²) < 4.78 is 1.41. The van der Waals surface area contributed by atoms with Crippen molar-refractivity contribution in [3.8, 4) is 0 Å². The molecule has 0 aliphatic carbocycles. The van der Waals surface area contributed by atoms with Gasteiger partial charge in [0.05, 0.1) is 5.01 Å². The van der Waals surface area contributed by atoms with Crippen LogP contribution >= 0.6 is 11.3 Å². The molecule has 2 N–H and O–H groups in total. The van der Waals surface area contributed by atoms with Crippen LogP contribution in [-0.2, 0) is 17.8 Å². The predicted molar refractivity (Wildman–Crippen MR) is 75.0 cm³/mol. The molecule has 0 spiro atoms. The Balaban J connectivity index is 1.80. The first-order chi connectivity index (χ1) is 9.56. The van der Waals surface area contributed by atoms with Gasteiger partial charge < -0.3 is 15.0 Å². The van der Waals surface area contributed by atoms with Gasteiger partial charge in [-0.1, -0.05) is 0 Å². The molecule has 0 aliphatic rings. The van der Waals surface area contributed by atoms with Crippen LogP contribution in [0, 0.1) is 6.92 Å². The maximum atomic E-state index is 11.7. The fourth-order valence-electron chi connectivity index (χ4n) is 1.78. The molecular weight excluding hydrogens is 278 g/mol. The number of carboxylic acids is 1. The van der Waals surface area contributed by atoms with Gasteiger partial charge in [0.2, 0.25) is 5.91 Å². The zero-order valence-corrected chi connectivity index (χ0v) is 11.8. The highest BCUT2D eigenvalue weighted by atomic mass is 32.1. The lowest BCUT2D eigenvalue weighted by Crippen LogP contribution is -2.30. The first kappa shape index (κ1) is 14.3. The number of aromatic nitrogens is 2. The summed E-state index contributed by atoms with van der Waals surface area (Å²) in [6.45, 7) is 2.43. The lowest BCUT2D eigenvalue weighted by Gasteiger charge is -2.07. The van der Waals surface area contributed by atoms with Gasteiger partial charge in [-0.05, 0) is 19.1 Å². The third kappa shape index (κ3) is 3.67. The number of aromatic carboxylic acids is 1. The van der Waals surface area contributed by atoms with Crippen LogP contribution in [0.15, 0.2) is 23.7 Å². The first-order valence-electron chi connectivity index (χ1n) is 6.12. The van der Waals surface area contributed by atoms with Gasteiger partial charge in [0.15, 0.2) is 0 Å². The summed E-state index contributed by atoms with van der Waals surface area (Å²) in [4.78, 5) is 26.9. The summed E-state index contributed by atoms with van der Waals surface area (Å²) in [6.07, 6.45) is 2.26. The van der Waals surface area contributed by atoms with E-state index in [4.69, 9.17) is 5.11 Å². The van der Waals surface area contributed by atoms with Gasteiger partial charge in [0.1, 0.15) is 12.2 Å². The summed E-state index contributed by atoms with van der Waals surface area (Å²) in [5.41, 5.74) is 1.09. The van der Waals surface area contributed by atoms with Crippen LogP contribution in [0.25, 0.3) is 0 Å². The number of amides is 1. The van der Waals surface area contributed by atoms with Crippen LogP contribution in [0.4, 0.5) is 0 Å². The number of aryl methyl sites for hydroxylation is 1. The van der Waals surface area contributed by atoms with Crippen molar-refractivity contribution in [1.82, 2.24) is 14.9 Å². The standard InChI is InChI=1S/C13H15N3O3S/c1-9-8-20-12(15-9)4-5-14-11(17)7-16-6-2-3-10(16)13(18)19/h2-3,6,8H,4-5,7H2,1H3,(H,14,17)(H,18,19). The smallest absolute Gasteiger partial charge is 0.352 e. The van der Waals surface area contributed by atoms with Crippen molar-refractivity contribution in [2.24, 2.45) is 0 Å². The van der Waals surface area contributed by atoms with E-state index in [1.807, 2.05) is 12.3 Å². The van der Waals surface area contributed by atoms with E-state index < -0.39 is 5.97 Å². The van der Waals surface area contributed by atoms with Gasteiger partial charge in [0, 0.05) is 30.2 Å². The molecule has 0 bridgehead atoms. The second-order valence-corrected chi connectivity index (χ2v) is 5.25. The molecule has 0 aliphatic heterocycles. The molecule has 2 heterocycles. The van der Waals surface area contributed by atoms with Crippen LogP contribution in [0.3, 0.4) is 0 Å². The lowest BCUT2D eigenvalue weighted by atomic mass is 10.4. The summed E-state index contributed by atoms with van der Waals surface area (Å²) in [5, 5.41) is 14.6. The van der Waals surface area contributed by atoms with Crippen LogP contribution in [0.1, 0.15) is 21.2 Å².